The fourth-order valence-corrected chi connectivity index (χ4v) is 12.5. The fourth-order valence-electron chi connectivity index (χ4n) is 4.75. The van der Waals surface area contributed by atoms with E-state index < -0.39 is 22.5 Å². The zero-order valence-electron chi connectivity index (χ0n) is 24.3. The fraction of sp³-hybridized carbons (Fsp3) is 0.889. The Labute approximate surface area is 213 Å². The Morgan fingerprint density at radius 2 is 1.74 bits per heavy atom. The van der Waals surface area contributed by atoms with Crippen molar-refractivity contribution in [3.63, 3.8) is 0 Å². The van der Waals surface area contributed by atoms with Crippen molar-refractivity contribution < 1.29 is 19.1 Å². The first kappa shape index (κ1) is 33.7. The first-order chi connectivity index (χ1) is 15.6. The zero-order chi connectivity index (χ0) is 26.6. The number of unbranched alkanes of at least 4 members (excludes halogenated alkanes) is 1. The number of hydrogen-bond donors (Lipinski definition) is 1. The van der Waals surface area contributed by atoms with Crippen LogP contribution >= 0.6 is 0 Å². The van der Waals surface area contributed by atoms with Gasteiger partial charge in [0.25, 0.3) is 0 Å². The van der Waals surface area contributed by atoms with Gasteiger partial charge in [-0.1, -0.05) is 72.7 Å². The minimum Gasteiger partial charge on any atom is -0.414 e. The lowest BCUT2D eigenvalue weighted by molar-refractivity contribution is -0.115. The van der Waals surface area contributed by atoms with Crippen LogP contribution in [0.2, 0.25) is 37.3 Å². The number of ether oxygens (including phenoxy) is 1. The van der Waals surface area contributed by atoms with Crippen molar-refractivity contribution in [2.45, 2.75) is 122 Å². The van der Waals surface area contributed by atoms with Crippen molar-refractivity contribution in [2.24, 2.45) is 0 Å². The maximum absolute atomic E-state index is 11.4. The normalized spacial score (nSPS) is 17.3. The smallest absolute Gasteiger partial charge is 0.192 e. The van der Waals surface area contributed by atoms with Crippen LogP contribution in [0.25, 0.3) is 0 Å². The second-order valence-corrected chi connectivity index (χ2v) is 21.6. The van der Waals surface area contributed by atoms with Gasteiger partial charge in [-0.2, -0.15) is 0 Å². The average molecular weight is 516 g/mol. The van der Waals surface area contributed by atoms with Crippen molar-refractivity contribution in [1.82, 2.24) is 4.90 Å². The van der Waals surface area contributed by atoms with Gasteiger partial charge in [-0.25, -0.2) is 0 Å². The molecule has 34 heavy (non-hydrogen) atoms. The number of aliphatic hydroxyl groups excluding tert-OH is 1. The van der Waals surface area contributed by atoms with Gasteiger partial charge in [0.05, 0.1) is 27.3 Å². The van der Waals surface area contributed by atoms with Crippen molar-refractivity contribution in [1.29, 1.82) is 0 Å². The van der Waals surface area contributed by atoms with Crippen LogP contribution < -0.4 is 0 Å². The van der Waals surface area contributed by atoms with Gasteiger partial charge in [-0.3, -0.25) is 9.69 Å². The van der Waals surface area contributed by atoms with Gasteiger partial charge in [-0.05, 0) is 57.4 Å². The summed E-state index contributed by atoms with van der Waals surface area (Å²) in [5.41, 5.74) is 0. The Morgan fingerprint density at radius 3 is 2.24 bits per heavy atom. The minimum atomic E-state index is -2.00. The highest BCUT2D eigenvalue weighted by Gasteiger charge is 2.51. The van der Waals surface area contributed by atoms with E-state index in [-0.39, 0.29) is 29.2 Å². The van der Waals surface area contributed by atoms with Crippen molar-refractivity contribution >= 4 is 22.2 Å². The summed E-state index contributed by atoms with van der Waals surface area (Å²) in [6.45, 7) is 26.6. The molecule has 0 aromatic carbocycles. The maximum atomic E-state index is 11.4. The second kappa shape index (κ2) is 15.1. The molecule has 1 N–H and O–H groups in total. The van der Waals surface area contributed by atoms with Crippen LogP contribution in [0.15, 0.2) is 12.7 Å². The van der Waals surface area contributed by atoms with Gasteiger partial charge in [0.15, 0.2) is 14.1 Å². The summed E-state index contributed by atoms with van der Waals surface area (Å²) in [5, 5.41) is 10.4. The lowest BCUT2D eigenvalue weighted by atomic mass is 10.0. The van der Waals surface area contributed by atoms with Crippen LogP contribution in [-0.4, -0.2) is 76.9 Å². The molecule has 3 unspecified atom stereocenters. The quantitative estimate of drug-likeness (QED) is 0.115. The molecule has 0 amide bonds. The Bertz CT molecular complexity index is 613. The molecule has 202 valence electrons. The standard InChI is InChI=1S/C27H57NO4Si2/c1-12-16-20-33(8,9)27(6,15-4)32-34(10,11)26(5,14-3)18-17-19-31-23-25(30)22-28(7)21-24(29)13-2/h13,25,30H,2,12,14-23H2,1,3-11H3. The van der Waals surface area contributed by atoms with Crippen LogP contribution in [0.4, 0.5) is 0 Å². The SMILES string of the molecule is C=CC(=O)CN(C)CC(O)COCCCC(C)(CC)[Si](C)(C)OC(C)(CC)[Si](C)(C)CCCC. The molecular weight excluding hydrogens is 458 g/mol. The zero-order valence-corrected chi connectivity index (χ0v) is 26.3. The van der Waals surface area contributed by atoms with Gasteiger partial charge in [0.1, 0.15) is 0 Å². The lowest BCUT2D eigenvalue weighted by Crippen LogP contribution is -2.60. The monoisotopic (exact) mass is 515 g/mol. The molecule has 0 saturated carbocycles. The minimum absolute atomic E-state index is 0.00788. The molecule has 0 heterocycles. The molecule has 0 aromatic heterocycles. The van der Waals surface area contributed by atoms with Crippen LogP contribution in [-0.2, 0) is 14.0 Å². The first-order valence-electron chi connectivity index (χ1n) is 13.4. The second-order valence-electron chi connectivity index (χ2n) is 11.8. The van der Waals surface area contributed by atoms with Gasteiger partial charge in [-0.15, -0.1) is 0 Å². The summed E-state index contributed by atoms with van der Waals surface area (Å²) in [7, 11) is -1.72. The highest BCUT2D eigenvalue weighted by molar-refractivity contribution is 6.82. The molecule has 5 nitrogen and oxygen atoms in total. The topological polar surface area (TPSA) is 59.0 Å². The number of hydrogen-bond acceptors (Lipinski definition) is 5. The van der Waals surface area contributed by atoms with Crippen molar-refractivity contribution in [3.05, 3.63) is 12.7 Å². The molecule has 0 saturated heterocycles. The third-order valence-electron chi connectivity index (χ3n) is 8.48. The van der Waals surface area contributed by atoms with E-state index in [9.17, 15) is 9.90 Å². The molecule has 0 rings (SSSR count). The predicted octanol–water partition coefficient (Wildman–Crippen LogP) is 6.44. The lowest BCUT2D eigenvalue weighted by Gasteiger charge is -2.52. The Kier molecular flexibility index (Phi) is 14.9. The van der Waals surface area contributed by atoms with Crippen LogP contribution in [0.5, 0.6) is 0 Å². The van der Waals surface area contributed by atoms with Crippen LogP contribution in [0.1, 0.15) is 73.1 Å². The van der Waals surface area contributed by atoms with E-state index in [4.69, 9.17) is 9.16 Å². The molecule has 0 aliphatic heterocycles. The summed E-state index contributed by atoms with van der Waals surface area (Å²) in [6, 6.07) is 1.33. The number of aliphatic hydroxyl groups is 1. The number of carbonyl (C=O) groups excluding carboxylic acids is 1. The number of carbonyl (C=O) groups is 1. The van der Waals surface area contributed by atoms with Crippen LogP contribution in [0.3, 0.4) is 0 Å². The van der Waals surface area contributed by atoms with Crippen molar-refractivity contribution in [2.75, 3.05) is 33.4 Å². The summed E-state index contributed by atoms with van der Waals surface area (Å²) < 4.78 is 13.1. The summed E-state index contributed by atoms with van der Waals surface area (Å²) in [5.74, 6) is -0.0425. The average Bonchev–Trinajstić information content (AvgIpc) is 2.76. The van der Waals surface area contributed by atoms with Gasteiger partial charge >= 0.3 is 0 Å². The van der Waals surface area contributed by atoms with E-state index in [0.29, 0.717) is 13.2 Å². The van der Waals surface area contributed by atoms with E-state index in [2.05, 4.69) is 67.4 Å². The molecule has 0 aliphatic rings. The van der Waals surface area contributed by atoms with Gasteiger partial charge in [0.2, 0.25) is 0 Å². The van der Waals surface area contributed by atoms with Gasteiger partial charge < -0.3 is 14.3 Å². The van der Waals surface area contributed by atoms with E-state index >= 15 is 0 Å². The Hall–Kier alpha value is -0.316. The molecule has 0 radical (unpaired) electrons. The molecule has 0 fully saturated rings. The Morgan fingerprint density at radius 1 is 1.12 bits per heavy atom. The number of nitrogens with zero attached hydrogens (tertiary/aromatic N) is 1. The van der Waals surface area contributed by atoms with E-state index in [1.54, 1.807) is 4.90 Å². The summed E-state index contributed by atoms with van der Waals surface area (Å²) >= 11 is 0. The highest BCUT2D eigenvalue weighted by Crippen LogP contribution is 2.49. The molecular formula is C27H57NO4Si2. The first-order valence-corrected chi connectivity index (χ1v) is 19.5. The summed E-state index contributed by atoms with van der Waals surface area (Å²) in [4.78, 5) is 13.2. The van der Waals surface area contributed by atoms with E-state index in [1.807, 2.05) is 7.05 Å². The molecule has 0 spiro atoms. The highest BCUT2D eigenvalue weighted by atomic mass is 28.4. The maximum Gasteiger partial charge on any atom is 0.192 e. The van der Waals surface area contributed by atoms with Crippen LogP contribution in [0, 0.1) is 0 Å². The molecule has 3 atom stereocenters. The van der Waals surface area contributed by atoms with E-state index in [0.717, 1.165) is 25.7 Å². The van der Waals surface area contributed by atoms with E-state index in [1.165, 1.54) is 25.0 Å². The molecule has 7 heteroatoms. The molecule has 0 aliphatic carbocycles. The largest absolute Gasteiger partial charge is 0.414 e. The predicted molar refractivity (Wildman–Crippen MR) is 152 cm³/mol. The molecule has 0 aromatic rings. The molecule has 0 bridgehead atoms. The van der Waals surface area contributed by atoms with Crippen molar-refractivity contribution in [3.8, 4) is 0 Å². The third-order valence-corrected chi connectivity index (χ3v) is 18.1. The third kappa shape index (κ3) is 10.4. The number of ketones is 1. The summed E-state index contributed by atoms with van der Waals surface area (Å²) in [6.07, 6.45) is 7.49. The van der Waals surface area contributed by atoms with Gasteiger partial charge in [0, 0.05) is 18.4 Å². The number of likely N-dealkylation sites (N-methyl/N-ethyl adjacent to an activating group) is 1. The Balaban J connectivity index is 4.88. The number of rotatable bonds is 20.